The van der Waals surface area contributed by atoms with Gasteiger partial charge in [0, 0.05) is 6.42 Å². The molecule has 3 atom stereocenters. The fraction of sp³-hybridized carbons (Fsp3) is 0.647. The second-order valence-electron chi connectivity index (χ2n) is 6.43. The van der Waals surface area contributed by atoms with E-state index in [0.717, 1.165) is 19.3 Å². The molecule has 0 amide bonds. The topological polar surface area (TPSA) is 144 Å². The summed E-state index contributed by atoms with van der Waals surface area (Å²) in [6.45, 7) is 5.69. The Balaban J connectivity index is 1.98. The van der Waals surface area contributed by atoms with E-state index in [2.05, 4.69) is 44.3 Å². The molecule has 0 unspecified atom stereocenters. The van der Waals surface area contributed by atoms with Gasteiger partial charge >= 0.3 is 0 Å². The third kappa shape index (κ3) is 5.20. The molecule has 0 aliphatic heterocycles. The van der Waals surface area contributed by atoms with Crippen LogP contribution >= 0.6 is 0 Å². The Kier molecular flexibility index (Phi) is 7.89. The molecular weight excluding hydrogens is 336 g/mol. The summed E-state index contributed by atoms with van der Waals surface area (Å²) in [6, 6.07) is 0. The lowest BCUT2D eigenvalue weighted by atomic mass is 10.00. The van der Waals surface area contributed by atoms with E-state index >= 15 is 0 Å². The molecule has 9 heteroatoms. The van der Waals surface area contributed by atoms with Gasteiger partial charge in [-0.15, -0.1) is 16.8 Å². The smallest absolute Gasteiger partial charge is 0.124 e. The largest absolute Gasteiger partial charge is 0.390 e. The van der Waals surface area contributed by atoms with Gasteiger partial charge in [0.05, 0.1) is 17.9 Å². The number of nitrogens with one attached hydrogen (secondary N) is 2. The molecule has 26 heavy (non-hydrogen) atoms. The summed E-state index contributed by atoms with van der Waals surface area (Å²) < 4.78 is 0. The van der Waals surface area contributed by atoms with E-state index in [9.17, 15) is 15.3 Å². The number of rotatable bonds is 12. The van der Waals surface area contributed by atoms with Crippen LogP contribution in [-0.4, -0.2) is 58.3 Å². The maximum absolute atomic E-state index is 10.3. The lowest BCUT2D eigenvalue weighted by molar-refractivity contribution is 0.0132. The van der Waals surface area contributed by atoms with Gasteiger partial charge in [-0.2, -0.15) is 0 Å². The van der Waals surface area contributed by atoms with Crippen molar-refractivity contribution >= 4 is 0 Å². The van der Waals surface area contributed by atoms with E-state index in [-0.39, 0.29) is 6.42 Å². The van der Waals surface area contributed by atoms with E-state index < -0.39 is 18.3 Å². The zero-order valence-corrected chi connectivity index (χ0v) is 15.1. The number of unbranched alkanes of at least 4 members (excludes halogenated alkanes) is 4. The molecule has 2 aromatic rings. The summed E-state index contributed by atoms with van der Waals surface area (Å²) in [5.74, 6) is 0. The highest BCUT2D eigenvalue weighted by Gasteiger charge is 2.24. The van der Waals surface area contributed by atoms with E-state index in [1.807, 2.05) is 0 Å². The van der Waals surface area contributed by atoms with Crippen LogP contribution in [0, 0.1) is 0 Å². The highest BCUT2D eigenvalue weighted by Crippen LogP contribution is 2.26. The van der Waals surface area contributed by atoms with Crippen LogP contribution in [0.3, 0.4) is 0 Å². The van der Waals surface area contributed by atoms with Crippen LogP contribution in [0.15, 0.2) is 12.7 Å². The van der Waals surface area contributed by atoms with E-state index in [1.165, 1.54) is 18.9 Å². The summed E-state index contributed by atoms with van der Waals surface area (Å²) in [7, 11) is 0. The summed E-state index contributed by atoms with van der Waals surface area (Å²) in [6.07, 6.45) is 4.69. The van der Waals surface area contributed by atoms with Crippen molar-refractivity contribution in [3.05, 3.63) is 24.0 Å². The van der Waals surface area contributed by atoms with Crippen LogP contribution in [0.1, 0.15) is 62.9 Å². The average Bonchev–Trinajstić information content (AvgIpc) is 3.29. The highest BCUT2D eigenvalue weighted by molar-refractivity contribution is 5.59. The lowest BCUT2D eigenvalue weighted by Crippen LogP contribution is -2.28. The molecule has 0 saturated carbocycles. The van der Waals surface area contributed by atoms with Crippen LogP contribution in [0.4, 0.5) is 0 Å². The monoisotopic (exact) mass is 364 g/mol. The Hall–Kier alpha value is -2.10. The summed E-state index contributed by atoms with van der Waals surface area (Å²) in [4.78, 5) is 0. The predicted molar refractivity (Wildman–Crippen MR) is 96.0 cm³/mol. The molecule has 2 rings (SSSR count). The lowest BCUT2D eigenvalue weighted by Gasteiger charge is -2.17. The van der Waals surface area contributed by atoms with Crippen molar-refractivity contribution in [3.63, 3.8) is 0 Å². The van der Waals surface area contributed by atoms with Crippen molar-refractivity contribution in [2.45, 2.75) is 70.2 Å². The first-order chi connectivity index (χ1) is 12.6. The van der Waals surface area contributed by atoms with Crippen molar-refractivity contribution in [2.75, 3.05) is 0 Å². The number of aromatic amines is 2. The molecule has 0 saturated heterocycles. The zero-order chi connectivity index (χ0) is 18.9. The van der Waals surface area contributed by atoms with Crippen LogP contribution < -0.4 is 0 Å². The minimum absolute atomic E-state index is 0.130. The number of aliphatic hydroxyl groups excluding tert-OH is 3. The fourth-order valence-corrected chi connectivity index (χ4v) is 2.82. The number of H-pyrrole nitrogens is 2. The molecule has 2 aromatic heterocycles. The Morgan fingerprint density at radius 2 is 1.65 bits per heavy atom. The number of aliphatic hydroxyl groups is 3. The standard InChI is InChI=1S/C17H28N6O3/c1-3-5-6-7-8-9-13(25)14(26)10-11-15(19-22-18-11)17-16(12(24)4-2)20-23-21-17/h4,12-14,24-26H,2-3,5-10H2,1H3,(H,18,19,22)(H,20,21,23)/t12-,13+,14+/m0/s1. The number of hydrogen-bond donors (Lipinski definition) is 5. The molecule has 0 aromatic carbocycles. The average molecular weight is 364 g/mol. The number of nitrogens with zero attached hydrogens (tertiary/aromatic N) is 4. The van der Waals surface area contributed by atoms with Gasteiger partial charge in [-0.05, 0) is 6.42 Å². The van der Waals surface area contributed by atoms with Gasteiger partial charge in [0.2, 0.25) is 0 Å². The van der Waals surface area contributed by atoms with Gasteiger partial charge in [0.25, 0.3) is 0 Å². The Morgan fingerprint density at radius 1 is 0.962 bits per heavy atom. The van der Waals surface area contributed by atoms with Crippen LogP contribution in [0.5, 0.6) is 0 Å². The van der Waals surface area contributed by atoms with Gasteiger partial charge in [0.1, 0.15) is 23.2 Å². The van der Waals surface area contributed by atoms with Crippen LogP contribution in [0.2, 0.25) is 0 Å². The molecular formula is C17H28N6O3. The maximum Gasteiger partial charge on any atom is 0.124 e. The van der Waals surface area contributed by atoms with Crippen LogP contribution in [0.25, 0.3) is 11.4 Å². The summed E-state index contributed by atoms with van der Waals surface area (Å²) in [5, 5.41) is 51.1. The number of hydrogen-bond acceptors (Lipinski definition) is 7. The minimum Gasteiger partial charge on any atom is -0.390 e. The van der Waals surface area contributed by atoms with Gasteiger partial charge in [-0.3, -0.25) is 10.2 Å². The normalized spacial score (nSPS) is 14.9. The predicted octanol–water partition coefficient (Wildman–Crippen LogP) is 1.43. The van der Waals surface area contributed by atoms with Crippen molar-refractivity contribution < 1.29 is 15.3 Å². The third-order valence-electron chi connectivity index (χ3n) is 4.40. The molecule has 0 bridgehead atoms. The first kappa shape index (κ1) is 20.2. The Labute approximate surface area is 152 Å². The molecule has 144 valence electrons. The van der Waals surface area contributed by atoms with Gasteiger partial charge in [0.15, 0.2) is 0 Å². The quantitative estimate of drug-likeness (QED) is 0.283. The van der Waals surface area contributed by atoms with E-state index in [4.69, 9.17) is 0 Å². The van der Waals surface area contributed by atoms with Crippen molar-refractivity contribution in [2.24, 2.45) is 0 Å². The molecule has 9 nitrogen and oxygen atoms in total. The molecule has 0 aliphatic carbocycles. The minimum atomic E-state index is -0.987. The first-order valence-corrected chi connectivity index (χ1v) is 9.06. The van der Waals surface area contributed by atoms with Gasteiger partial charge < -0.3 is 15.3 Å². The Bertz CT molecular complexity index is 671. The SMILES string of the molecule is C=C[C@H](O)c1nn[nH]c1-c1[nH]nnc1C[C@@H](O)[C@H](O)CCCCCCC. The Morgan fingerprint density at radius 3 is 2.38 bits per heavy atom. The second-order valence-corrected chi connectivity index (χ2v) is 6.43. The summed E-state index contributed by atoms with van der Waals surface area (Å²) in [5.41, 5.74) is 1.66. The molecule has 0 radical (unpaired) electrons. The maximum atomic E-state index is 10.3. The molecule has 0 aliphatic rings. The van der Waals surface area contributed by atoms with E-state index in [1.54, 1.807) is 0 Å². The van der Waals surface area contributed by atoms with Crippen molar-refractivity contribution in [3.8, 4) is 11.4 Å². The van der Waals surface area contributed by atoms with Crippen molar-refractivity contribution in [1.29, 1.82) is 0 Å². The highest BCUT2D eigenvalue weighted by atomic mass is 16.3. The van der Waals surface area contributed by atoms with Gasteiger partial charge in [-0.1, -0.05) is 55.5 Å². The fourth-order valence-electron chi connectivity index (χ4n) is 2.82. The molecule has 2 heterocycles. The van der Waals surface area contributed by atoms with E-state index in [0.29, 0.717) is 29.2 Å². The first-order valence-electron chi connectivity index (χ1n) is 9.06. The molecule has 0 spiro atoms. The molecule has 5 N–H and O–H groups in total. The van der Waals surface area contributed by atoms with Crippen LogP contribution in [-0.2, 0) is 6.42 Å². The third-order valence-corrected chi connectivity index (χ3v) is 4.40. The summed E-state index contributed by atoms with van der Waals surface area (Å²) >= 11 is 0. The molecule has 0 fully saturated rings. The zero-order valence-electron chi connectivity index (χ0n) is 15.1. The second kappa shape index (κ2) is 10.1. The number of aromatic nitrogens is 6. The van der Waals surface area contributed by atoms with Gasteiger partial charge in [-0.25, -0.2) is 0 Å². The van der Waals surface area contributed by atoms with Crippen molar-refractivity contribution in [1.82, 2.24) is 30.8 Å².